The molecule has 1 saturated heterocycles. The summed E-state index contributed by atoms with van der Waals surface area (Å²) in [5.74, 6) is -1.36. The lowest BCUT2D eigenvalue weighted by Gasteiger charge is -2.47. The standard InChI is InChI=1S/C28H26Cl3FN2O3/c1-2-3-23(27(33)35)34-25(17-6-9-19(29)10-7-17)26(18-8-13-21(30)22(31)15-18)37-24(28(34)36)14-16-4-11-20(32)12-5-16/h4-13,15,23-26H,2-3,14H2,1H3,(H2,33,35)/t23-,24+,25+,26-/m1/s1. The van der Waals surface area contributed by atoms with Crippen LogP contribution in [0.25, 0.3) is 0 Å². The number of primary amides is 1. The number of hydrogen-bond donors (Lipinski definition) is 1. The molecule has 1 aliphatic heterocycles. The fourth-order valence-electron chi connectivity index (χ4n) is 4.71. The van der Waals surface area contributed by atoms with E-state index < -0.39 is 30.2 Å². The number of nitrogens with two attached hydrogens (primary N) is 1. The minimum absolute atomic E-state index is 0.179. The Kier molecular flexibility index (Phi) is 8.75. The van der Waals surface area contributed by atoms with Gasteiger partial charge in [-0.25, -0.2) is 4.39 Å². The first-order valence-electron chi connectivity index (χ1n) is 11.9. The summed E-state index contributed by atoms with van der Waals surface area (Å²) in [4.78, 5) is 28.2. The number of benzene rings is 3. The Morgan fingerprint density at radius 1 is 1.00 bits per heavy atom. The van der Waals surface area contributed by atoms with E-state index in [2.05, 4.69) is 0 Å². The van der Waals surface area contributed by atoms with E-state index >= 15 is 0 Å². The lowest BCUT2D eigenvalue weighted by Crippen LogP contribution is -2.58. The second-order valence-corrected chi connectivity index (χ2v) is 10.2. The molecule has 3 aromatic rings. The number of amides is 2. The van der Waals surface area contributed by atoms with Crippen LogP contribution in [0, 0.1) is 5.82 Å². The highest BCUT2D eigenvalue weighted by molar-refractivity contribution is 6.42. The molecule has 194 valence electrons. The number of carbonyl (C=O) groups is 2. The lowest BCUT2D eigenvalue weighted by molar-refractivity contribution is -0.181. The second-order valence-electron chi connectivity index (χ2n) is 9.00. The molecule has 0 radical (unpaired) electrons. The van der Waals surface area contributed by atoms with Crippen LogP contribution in [0.15, 0.2) is 66.7 Å². The Morgan fingerprint density at radius 2 is 1.65 bits per heavy atom. The van der Waals surface area contributed by atoms with Crippen LogP contribution in [0.3, 0.4) is 0 Å². The molecule has 3 aromatic carbocycles. The van der Waals surface area contributed by atoms with E-state index in [0.717, 1.165) is 5.56 Å². The van der Waals surface area contributed by atoms with Gasteiger partial charge >= 0.3 is 0 Å². The van der Waals surface area contributed by atoms with E-state index in [1.165, 1.54) is 12.1 Å². The zero-order valence-corrected chi connectivity index (χ0v) is 22.3. The molecular weight excluding hydrogens is 538 g/mol. The van der Waals surface area contributed by atoms with Crippen molar-refractivity contribution in [3.8, 4) is 0 Å². The average molecular weight is 564 g/mol. The highest BCUT2D eigenvalue weighted by atomic mass is 35.5. The third-order valence-electron chi connectivity index (χ3n) is 6.47. The number of rotatable bonds is 8. The number of hydrogen-bond acceptors (Lipinski definition) is 3. The zero-order chi connectivity index (χ0) is 26.7. The fourth-order valence-corrected chi connectivity index (χ4v) is 5.15. The summed E-state index contributed by atoms with van der Waals surface area (Å²) in [6, 6.07) is 16.5. The first-order chi connectivity index (χ1) is 17.7. The summed E-state index contributed by atoms with van der Waals surface area (Å²) in [5, 5.41) is 1.23. The van der Waals surface area contributed by atoms with Crippen molar-refractivity contribution >= 4 is 46.6 Å². The van der Waals surface area contributed by atoms with Crippen molar-refractivity contribution in [1.29, 1.82) is 0 Å². The molecule has 4 rings (SSSR count). The molecule has 4 atom stereocenters. The fraction of sp³-hybridized carbons (Fsp3) is 0.286. The van der Waals surface area contributed by atoms with Crippen molar-refractivity contribution < 1.29 is 18.7 Å². The minimum Gasteiger partial charge on any atom is -0.368 e. The van der Waals surface area contributed by atoms with Gasteiger partial charge in [-0.3, -0.25) is 9.59 Å². The Balaban J connectivity index is 1.87. The molecule has 0 unspecified atom stereocenters. The molecule has 0 saturated carbocycles. The normalized spacial score (nSPS) is 20.6. The van der Waals surface area contributed by atoms with Crippen molar-refractivity contribution in [2.24, 2.45) is 5.73 Å². The first kappa shape index (κ1) is 27.4. The summed E-state index contributed by atoms with van der Waals surface area (Å²) >= 11 is 18.7. The summed E-state index contributed by atoms with van der Waals surface area (Å²) in [6.45, 7) is 1.92. The smallest absolute Gasteiger partial charge is 0.253 e. The van der Waals surface area contributed by atoms with Crippen LogP contribution in [0.2, 0.25) is 15.1 Å². The summed E-state index contributed by atoms with van der Waals surface area (Å²) in [7, 11) is 0. The third kappa shape index (κ3) is 6.10. The minimum atomic E-state index is -0.952. The lowest BCUT2D eigenvalue weighted by atomic mass is 9.88. The number of halogens is 4. The first-order valence-corrected chi connectivity index (χ1v) is 13.0. The molecule has 0 spiro atoms. The monoisotopic (exact) mass is 562 g/mol. The largest absolute Gasteiger partial charge is 0.368 e. The molecule has 37 heavy (non-hydrogen) atoms. The average Bonchev–Trinajstić information content (AvgIpc) is 2.87. The zero-order valence-electron chi connectivity index (χ0n) is 20.0. The molecule has 2 amide bonds. The van der Waals surface area contributed by atoms with Gasteiger partial charge in [0, 0.05) is 11.4 Å². The van der Waals surface area contributed by atoms with Gasteiger partial charge in [0.05, 0.1) is 16.1 Å². The van der Waals surface area contributed by atoms with E-state index in [4.69, 9.17) is 45.3 Å². The van der Waals surface area contributed by atoms with Gasteiger partial charge in [0.25, 0.3) is 5.91 Å². The van der Waals surface area contributed by atoms with Gasteiger partial charge in [-0.15, -0.1) is 0 Å². The predicted octanol–water partition coefficient (Wildman–Crippen LogP) is 6.69. The van der Waals surface area contributed by atoms with Gasteiger partial charge in [0.2, 0.25) is 5.91 Å². The number of ether oxygens (including phenoxy) is 1. The summed E-state index contributed by atoms with van der Waals surface area (Å²) in [6.07, 6.45) is -0.475. The van der Waals surface area contributed by atoms with Crippen molar-refractivity contribution in [3.05, 3.63) is 104 Å². The number of carbonyl (C=O) groups excluding carboxylic acids is 2. The van der Waals surface area contributed by atoms with Crippen LogP contribution in [-0.4, -0.2) is 28.9 Å². The van der Waals surface area contributed by atoms with Crippen LogP contribution in [0.4, 0.5) is 4.39 Å². The topological polar surface area (TPSA) is 72.6 Å². The van der Waals surface area contributed by atoms with Crippen LogP contribution in [0.1, 0.15) is 48.6 Å². The third-order valence-corrected chi connectivity index (χ3v) is 7.46. The Hall–Kier alpha value is -2.64. The van der Waals surface area contributed by atoms with Crippen LogP contribution in [-0.2, 0) is 20.7 Å². The van der Waals surface area contributed by atoms with Gasteiger partial charge in [0.1, 0.15) is 24.1 Å². The van der Waals surface area contributed by atoms with E-state index in [1.54, 1.807) is 59.5 Å². The molecule has 0 aromatic heterocycles. The number of nitrogens with zero attached hydrogens (tertiary/aromatic N) is 1. The van der Waals surface area contributed by atoms with Crippen LogP contribution < -0.4 is 5.73 Å². The summed E-state index contributed by atoms with van der Waals surface area (Å²) < 4.78 is 20.0. The van der Waals surface area contributed by atoms with Gasteiger partial charge < -0.3 is 15.4 Å². The molecular formula is C28H26Cl3FN2O3. The van der Waals surface area contributed by atoms with Gasteiger partial charge in [-0.05, 0) is 59.5 Å². The van der Waals surface area contributed by atoms with Gasteiger partial charge in [0.15, 0.2) is 0 Å². The van der Waals surface area contributed by atoms with Crippen molar-refractivity contribution in [2.45, 2.75) is 50.5 Å². The SMILES string of the molecule is CCC[C@H](C(N)=O)N1C(=O)[C@H](Cc2ccc(F)cc2)O[C@H](c2ccc(Cl)c(Cl)c2)[C@@H]1c1ccc(Cl)cc1. The molecule has 0 aliphatic carbocycles. The maximum Gasteiger partial charge on any atom is 0.253 e. The van der Waals surface area contributed by atoms with Crippen molar-refractivity contribution in [1.82, 2.24) is 4.90 Å². The highest BCUT2D eigenvalue weighted by Gasteiger charge is 2.48. The van der Waals surface area contributed by atoms with Crippen LogP contribution >= 0.6 is 34.8 Å². The van der Waals surface area contributed by atoms with E-state index in [0.29, 0.717) is 39.0 Å². The van der Waals surface area contributed by atoms with Crippen LogP contribution in [0.5, 0.6) is 0 Å². The van der Waals surface area contributed by atoms with E-state index in [-0.39, 0.29) is 18.1 Å². The maximum atomic E-state index is 14.0. The highest BCUT2D eigenvalue weighted by Crippen LogP contribution is 2.45. The Labute approximate surface area is 230 Å². The van der Waals surface area contributed by atoms with Gasteiger partial charge in [-0.2, -0.15) is 0 Å². The summed E-state index contributed by atoms with van der Waals surface area (Å²) in [5.41, 5.74) is 7.96. The molecule has 1 heterocycles. The Bertz CT molecular complexity index is 1270. The second kappa shape index (κ2) is 11.8. The van der Waals surface area contributed by atoms with Crippen molar-refractivity contribution in [2.75, 3.05) is 0 Å². The van der Waals surface area contributed by atoms with Gasteiger partial charge in [-0.1, -0.05) is 78.5 Å². The van der Waals surface area contributed by atoms with E-state index in [1.807, 2.05) is 6.92 Å². The maximum absolute atomic E-state index is 14.0. The molecule has 9 heteroatoms. The quantitative estimate of drug-likeness (QED) is 0.332. The molecule has 1 fully saturated rings. The van der Waals surface area contributed by atoms with E-state index in [9.17, 15) is 14.0 Å². The molecule has 0 bridgehead atoms. The number of morpholine rings is 1. The Morgan fingerprint density at radius 3 is 2.24 bits per heavy atom. The molecule has 1 aliphatic rings. The molecule has 5 nitrogen and oxygen atoms in total. The van der Waals surface area contributed by atoms with Crippen molar-refractivity contribution in [3.63, 3.8) is 0 Å². The molecule has 2 N–H and O–H groups in total. The predicted molar refractivity (Wildman–Crippen MR) is 143 cm³/mol.